The summed E-state index contributed by atoms with van der Waals surface area (Å²) < 4.78 is 32.3. The lowest BCUT2D eigenvalue weighted by Gasteiger charge is -2.36. The molecule has 6 heteroatoms. The second kappa shape index (κ2) is 6.47. The van der Waals surface area contributed by atoms with Crippen LogP contribution in [0.5, 0.6) is 11.5 Å². The SMILES string of the molecule is COc1ccc(C2CC(NC(=O)c3ccc(O)cc3F)C2)cc1F. The summed E-state index contributed by atoms with van der Waals surface area (Å²) >= 11 is 0. The number of amides is 1. The normalized spacial score (nSPS) is 19.5. The van der Waals surface area contributed by atoms with E-state index in [-0.39, 0.29) is 29.0 Å². The van der Waals surface area contributed by atoms with Crippen LogP contribution in [0.2, 0.25) is 0 Å². The lowest BCUT2D eigenvalue weighted by Crippen LogP contribution is -2.43. The third-order valence-corrected chi connectivity index (χ3v) is 4.32. The first-order valence-corrected chi connectivity index (χ1v) is 7.60. The minimum absolute atomic E-state index is 0.0825. The molecular weight excluding hydrogens is 316 g/mol. The Hall–Kier alpha value is -2.63. The highest BCUT2D eigenvalue weighted by Gasteiger charge is 2.32. The molecule has 1 saturated carbocycles. The van der Waals surface area contributed by atoms with Gasteiger partial charge in [0.15, 0.2) is 11.6 Å². The fourth-order valence-corrected chi connectivity index (χ4v) is 2.90. The van der Waals surface area contributed by atoms with E-state index >= 15 is 0 Å². The zero-order valence-corrected chi connectivity index (χ0v) is 13.1. The molecule has 2 aromatic carbocycles. The van der Waals surface area contributed by atoms with Crippen molar-refractivity contribution in [3.63, 3.8) is 0 Å². The summed E-state index contributed by atoms with van der Waals surface area (Å²) in [6, 6.07) is 8.17. The number of rotatable bonds is 4. The van der Waals surface area contributed by atoms with Gasteiger partial charge in [-0.05, 0) is 48.6 Å². The van der Waals surface area contributed by atoms with Crippen molar-refractivity contribution in [1.82, 2.24) is 5.32 Å². The smallest absolute Gasteiger partial charge is 0.254 e. The highest BCUT2D eigenvalue weighted by Crippen LogP contribution is 2.38. The number of aromatic hydroxyl groups is 1. The first kappa shape index (κ1) is 16.2. The maximum Gasteiger partial charge on any atom is 0.254 e. The molecular formula is C18H17F2NO3. The van der Waals surface area contributed by atoms with Crippen molar-refractivity contribution in [1.29, 1.82) is 0 Å². The molecule has 1 fully saturated rings. The third kappa shape index (κ3) is 3.18. The Morgan fingerprint density at radius 1 is 1.17 bits per heavy atom. The Morgan fingerprint density at radius 3 is 2.54 bits per heavy atom. The number of hydrogen-bond acceptors (Lipinski definition) is 3. The van der Waals surface area contributed by atoms with Crippen LogP contribution in [-0.4, -0.2) is 24.2 Å². The van der Waals surface area contributed by atoms with Gasteiger partial charge in [0.05, 0.1) is 12.7 Å². The lowest BCUT2D eigenvalue weighted by molar-refractivity contribution is 0.0904. The van der Waals surface area contributed by atoms with Crippen LogP contribution >= 0.6 is 0 Å². The summed E-state index contributed by atoms with van der Waals surface area (Å²) in [6.45, 7) is 0. The van der Waals surface area contributed by atoms with Gasteiger partial charge in [-0.2, -0.15) is 0 Å². The summed E-state index contributed by atoms with van der Waals surface area (Å²) in [5, 5.41) is 11.9. The number of hydrogen-bond donors (Lipinski definition) is 2. The van der Waals surface area contributed by atoms with E-state index in [1.807, 2.05) is 6.07 Å². The molecule has 0 radical (unpaired) electrons. The molecule has 1 aliphatic rings. The van der Waals surface area contributed by atoms with Crippen LogP contribution in [0.15, 0.2) is 36.4 Å². The number of benzene rings is 2. The quantitative estimate of drug-likeness (QED) is 0.902. The van der Waals surface area contributed by atoms with Crippen LogP contribution in [0, 0.1) is 11.6 Å². The molecule has 0 bridgehead atoms. The first-order valence-electron chi connectivity index (χ1n) is 7.60. The van der Waals surface area contributed by atoms with Crippen molar-refractivity contribution >= 4 is 5.91 Å². The molecule has 3 rings (SSSR count). The van der Waals surface area contributed by atoms with Gasteiger partial charge in [0.1, 0.15) is 11.6 Å². The van der Waals surface area contributed by atoms with Gasteiger partial charge in [0.2, 0.25) is 0 Å². The molecule has 2 aromatic rings. The minimum atomic E-state index is -0.763. The van der Waals surface area contributed by atoms with E-state index in [1.165, 1.54) is 25.3 Å². The molecule has 2 N–H and O–H groups in total. The third-order valence-electron chi connectivity index (χ3n) is 4.32. The van der Waals surface area contributed by atoms with E-state index in [4.69, 9.17) is 9.84 Å². The fraction of sp³-hybridized carbons (Fsp3) is 0.278. The van der Waals surface area contributed by atoms with E-state index < -0.39 is 17.5 Å². The number of nitrogens with one attached hydrogen (secondary N) is 1. The topological polar surface area (TPSA) is 58.6 Å². The molecule has 0 spiro atoms. The van der Waals surface area contributed by atoms with Crippen molar-refractivity contribution in [2.45, 2.75) is 24.8 Å². The van der Waals surface area contributed by atoms with Crippen LogP contribution in [0.4, 0.5) is 8.78 Å². The van der Waals surface area contributed by atoms with Crippen molar-refractivity contribution in [2.75, 3.05) is 7.11 Å². The molecule has 0 aliphatic heterocycles. The lowest BCUT2D eigenvalue weighted by atomic mass is 9.75. The van der Waals surface area contributed by atoms with Gasteiger partial charge < -0.3 is 15.2 Å². The maximum atomic E-state index is 13.7. The monoisotopic (exact) mass is 333 g/mol. The second-order valence-electron chi connectivity index (χ2n) is 5.90. The minimum Gasteiger partial charge on any atom is -0.508 e. The van der Waals surface area contributed by atoms with E-state index in [2.05, 4.69) is 5.32 Å². The van der Waals surface area contributed by atoms with Gasteiger partial charge in [-0.1, -0.05) is 6.07 Å². The van der Waals surface area contributed by atoms with E-state index in [9.17, 15) is 13.6 Å². The van der Waals surface area contributed by atoms with Crippen LogP contribution < -0.4 is 10.1 Å². The zero-order valence-electron chi connectivity index (χ0n) is 13.1. The Balaban J connectivity index is 1.59. The number of phenolic OH excluding ortho intramolecular Hbond substituents is 1. The van der Waals surface area contributed by atoms with Crippen molar-refractivity contribution < 1.29 is 23.4 Å². The molecule has 4 nitrogen and oxygen atoms in total. The summed E-state index contributed by atoms with van der Waals surface area (Å²) in [5.41, 5.74) is 0.751. The first-order chi connectivity index (χ1) is 11.5. The molecule has 0 heterocycles. The second-order valence-corrected chi connectivity index (χ2v) is 5.90. The van der Waals surface area contributed by atoms with E-state index in [1.54, 1.807) is 6.07 Å². The van der Waals surface area contributed by atoms with Crippen LogP contribution in [-0.2, 0) is 0 Å². The molecule has 1 amide bonds. The summed E-state index contributed by atoms with van der Waals surface area (Å²) in [6.07, 6.45) is 1.33. The summed E-state index contributed by atoms with van der Waals surface area (Å²) in [7, 11) is 1.41. The molecule has 126 valence electrons. The van der Waals surface area contributed by atoms with Crippen molar-refractivity contribution in [3.05, 3.63) is 59.2 Å². The van der Waals surface area contributed by atoms with Crippen molar-refractivity contribution in [2.24, 2.45) is 0 Å². The molecule has 0 saturated heterocycles. The van der Waals surface area contributed by atoms with Gasteiger partial charge in [-0.25, -0.2) is 8.78 Å². The zero-order chi connectivity index (χ0) is 17.3. The Bertz CT molecular complexity index is 773. The maximum absolute atomic E-state index is 13.7. The molecule has 1 aliphatic carbocycles. The van der Waals surface area contributed by atoms with Crippen LogP contribution in [0.25, 0.3) is 0 Å². The average molecular weight is 333 g/mol. The van der Waals surface area contributed by atoms with Gasteiger partial charge in [-0.3, -0.25) is 4.79 Å². The average Bonchev–Trinajstić information content (AvgIpc) is 2.50. The highest BCUT2D eigenvalue weighted by molar-refractivity contribution is 5.94. The number of phenols is 1. The summed E-state index contributed by atoms with van der Waals surface area (Å²) in [5.74, 6) is -1.56. The Morgan fingerprint density at radius 2 is 1.92 bits per heavy atom. The number of methoxy groups -OCH3 is 1. The standard InChI is InChI=1S/C18H17F2NO3/c1-24-17-5-2-10(8-16(17)20)11-6-12(7-11)21-18(23)14-4-3-13(22)9-15(14)19/h2-5,8-9,11-12,22H,6-7H2,1H3,(H,21,23). The molecule has 0 atom stereocenters. The van der Waals surface area contributed by atoms with Gasteiger partial charge >= 0.3 is 0 Å². The van der Waals surface area contributed by atoms with Gasteiger partial charge in [-0.15, -0.1) is 0 Å². The van der Waals surface area contributed by atoms with E-state index in [0.717, 1.165) is 11.6 Å². The van der Waals surface area contributed by atoms with Gasteiger partial charge in [0, 0.05) is 12.1 Å². The number of carbonyl (C=O) groups excluding carboxylic acids is 1. The fourth-order valence-electron chi connectivity index (χ4n) is 2.90. The van der Waals surface area contributed by atoms with E-state index in [0.29, 0.717) is 12.8 Å². The van der Waals surface area contributed by atoms with Crippen LogP contribution in [0.1, 0.15) is 34.7 Å². The molecule has 0 aromatic heterocycles. The van der Waals surface area contributed by atoms with Gasteiger partial charge in [0.25, 0.3) is 5.91 Å². The summed E-state index contributed by atoms with van der Waals surface area (Å²) in [4.78, 5) is 12.1. The molecule has 24 heavy (non-hydrogen) atoms. The molecule has 0 unspecified atom stereocenters. The van der Waals surface area contributed by atoms with Crippen LogP contribution in [0.3, 0.4) is 0 Å². The predicted octanol–water partition coefficient (Wildman–Crippen LogP) is 3.36. The number of ether oxygens (including phenoxy) is 1. The Kier molecular flexibility index (Phi) is 4.38. The van der Waals surface area contributed by atoms with Crippen molar-refractivity contribution in [3.8, 4) is 11.5 Å². The highest BCUT2D eigenvalue weighted by atomic mass is 19.1. The number of halogens is 2. The Labute approximate surface area is 138 Å². The predicted molar refractivity (Wildman–Crippen MR) is 84.2 cm³/mol. The largest absolute Gasteiger partial charge is 0.508 e. The number of carbonyl (C=O) groups is 1.